The van der Waals surface area contributed by atoms with Gasteiger partial charge < -0.3 is 10.1 Å². The molecule has 31 heavy (non-hydrogen) atoms. The highest BCUT2D eigenvalue weighted by Gasteiger charge is 2.15. The minimum absolute atomic E-state index is 0.0151. The number of aryl methyl sites for hydroxylation is 1. The van der Waals surface area contributed by atoms with Crippen LogP contribution in [0.15, 0.2) is 82.8 Å². The number of carbonyl (C=O) groups excluding carboxylic acids is 1. The molecule has 0 bridgehead atoms. The van der Waals surface area contributed by atoms with E-state index in [-0.39, 0.29) is 11.6 Å². The van der Waals surface area contributed by atoms with Gasteiger partial charge in [0, 0.05) is 10.0 Å². The highest BCUT2D eigenvalue weighted by Crippen LogP contribution is 2.27. The Bertz CT molecular complexity index is 1130. The van der Waals surface area contributed by atoms with Crippen LogP contribution in [-0.4, -0.2) is 5.91 Å². The Morgan fingerprint density at radius 2 is 1.90 bits per heavy atom. The van der Waals surface area contributed by atoms with Crippen molar-refractivity contribution in [3.63, 3.8) is 0 Å². The molecule has 0 aliphatic heterocycles. The fraction of sp³-hybridized carbons (Fsp3) is 0.154. The Hall–Kier alpha value is -3.36. The van der Waals surface area contributed by atoms with E-state index in [1.165, 1.54) is 0 Å². The lowest BCUT2D eigenvalue weighted by molar-refractivity contribution is -0.117. The molecule has 0 aromatic heterocycles. The number of hydrogen-bond donors (Lipinski definition) is 1. The number of hydrogen-bond acceptors (Lipinski definition) is 3. The highest BCUT2D eigenvalue weighted by molar-refractivity contribution is 9.10. The largest absolute Gasteiger partial charge is 0.488 e. The van der Waals surface area contributed by atoms with E-state index in [0.717, 1.165) is 21.2 Å². The molecule has 0 fully saturated rings. The monoisotopic (exact) mass is 474 g/mol. The van der Waals surface area contributed by atoms with Crippen LogP contribution in [0.25, 0.3) is 6.08 Å². The van der Waals surface area contributed by atoms with Gasteiger partial charge in [-0.05, 0) is 49.2 Å². The predicted molar refractivity (Wildman–Crippen MR) is 126 cm³/mol. The van der Waals surface area contributed by atoms with E-state index in [4.69, 9.17) is 4.74 Å². The minimum Gasteiger partial charge on any atom is -0.488 e. The lowest BCUT2D eigenvalue weighted by Crippen LogP contribution is -2.27. The lowest BCUT2D eigenvalue weighted by Gasteiger charge is -2.14. The van der Waals surface area contributed by atoms with E-state index in [9.17, 15) is 10.1 Å². The zero-order chi connectivity index (χ0) is 22.2. The minimum atomic E-state index is -0.427. The average molecular weight is 475 g/mol. The van der Waals surface area contributed by atoms with E-state index >= 15 is 0 Å². The summed E-state index contributed by atoms with van der Waals surface area (Å²) in [6.45, 7) is 4.31. The Labute approximate surface area is 191 Å². The maximum absolute atomic E-state index is 12.7. The molecule has 0 radical (unpaired) electrons. The third kappa shape index (κ3) is 6.31. The first kappa shape index (κ1) is 22.3. The number of halogens is 1. The van der Waals surface area contributed by atoms with Gasteiger partial charge in [-0.25, -0.2) is 0 Å². The van der Waals surface area contributed by atoms with Crippen LogP contribution < -0.4 is 10.1 Å². The van der Waals surface area contributed by atoms with Crippen LogP contribution in [0, 0.1) is 18.3 Å². The number of nitriles is 1. The molecule has 0 saturated carbocycles. The number of amides is 1. The van der Waals surface area contributed by atoms with Crippen LogP contribution in [0.3, 0.4) is 0 Å². The van der Waals surface area contributed by atoms with Crippen molar-refractivity contribution in [2.45, 2.75) is 26.5 Å². The summed E-state index contributed by atoms with van der Waals surface area (Å²) in [6.07, 6.45) is 1.56. The quantitative estimate of drug-likeness (QED) is 0.331. The van der Waals surface area contributed by atoms with Crippen LogP contribution in [0.2, 0.25) is 0 Å². The van der Waals surface area contributed by atoms with Crippen molar-refractivity contribution in [1.29, 1.82) is 5.26 Å². The first-order chi connectivity index (χ1) is 15.0. The lowest BCUT2D eigenvalue weighted by atomic mass is 10.1. The molecule has 3 rings (SSSR count). The molecular weight excluding hydrogens is 452 g/mol. The summed E-state index contributed by atoms with van der Waals surface area (Å²) in [6, 6.07) is 25.0. The van der Waals surface area contributed by atoms with Gasteiger partial charge in [-0.3, -0.25) is 4.79 Å². The van der Waals surface area contributed by atoms with Gasteiger partial charge in [0.15, 0.2) is 0 Å². The summed E-state index contributed by atoms with van der Waals surface area (Å²) in [5.74, 6) is 0.171. The first-order valence-electron chi connectivity index (χ1n) is 9.92. The van der Waals surface area contributed by atoms with Crippen molar-refractivity contribution >= 4 is 27.9 Å². The summed E-state index contributed by atoms with van der Waals surface area (Å²) >= 11 is 3.45. The second-order valence-electron chi connectivity index (χ2n) is 7.24. The number of rotatable bonds is 7. The standard InChI is InChI=1S/C26H23BrN2O2/c1-18-7-6-8-20(13-18)17-31-25-12-11-24(27)15-22(25)14-23(16-28)26(30)29-19(2)21-9-4-3-5-10-21/h3-15,19H,17H2,1-2H3,(H,29,30)/b23-14-/t19-/m1/s1. The Kier molecular flexibility index (Phi) is 7.64. The molecule has 156 valence electrons. The summed E-state index contributed by atoms with van der Waals surface area (Å²) in [5, 5.41) is 12.5. The van der Waals surface area contributed by atoms with Gasteiger partial charge in [0.05, 0.1) is 6.04 Å². The van der Waals surface area contributed by atoms with E-state index in [2.05, 4.69) is 27.3 Å². The van der Waals surface area contributed by atoms with Crippen molar-refractivity contribution in [2.75, 3.05) is 0 Å². The van der Waals surface area contributed by atoms with Crippen LogP contribution >= 0.6 is 15.9 Å². The summed E-state index contributed by atoms with van der Waals surface area (Å²) in [5.41, 5.74) is 3.85. The zero-order valence-corrected chi connectivity index (χ0v) is 19.0. The van der Waals surface area contributed by atoms with E-state index in [1.54, 1.807) is 6.08 Å². The molecule has 0 spiro atoms. The fourth-order valence-corrected chi connectivity index (χ4v) is 3.51. The van der Waals surface area contributed by atoms with E-state index in [0.29, 0.717) is 17.9 Å². The normalized spacial score (nSPS) is 12.0. The van der Waals surface area contributed by atoms with Gasteiger partial charge in [0.1, 0.15) is 24.0 Å². The molecule has 0 aliphatic rings. The Morgan fingerprint density at radius 1 is 1.13 bits per heavy atom. The maximum atomic E-state index is 12.7. The number of carbonyl (C=O) groups is 1. The Balaban J connectivity index is 1.80. The smallest absolute Gasteiger partial charge is 0.262 e. The predicted octanol–water partition coefficient (Wildman–Crippen LogP) is 6.12. The third-order valence-electron chi connectivity index (χ3n) is 4.76. The second kappa shape index (κ2) is 10.6. The van der Waals surface area contributed by atoms with Crippen LogP contribution in [0.1, 0.15) is 35.2 Å². The van der Waals surface area contributed by atoms with Gasteiger partial charge in [0.25, 0.3) is 5.91 Å². The molecule has 3 aromatic rings. The fourth-order valence-electron chi connectivity index (χ4n) is 3.13. The van der Waals surface area contributed by atoms with Crippen molar-refractivity contribution < 1.29 is 9.53 Å². The highest BCUT2D eigenvalue weighted by atomic mass is 79.9. The molecule has 0 saturated heterocycles. The number of nitrogens with zero attached hydrogens (tertiary/aromatic N) is 1. The van der Waals surface area contributed by atoms with Gasteiger partial charge in [-0.2, -0.15) is 5.26 Å². The molecule has 3 aromatic carbocycles. The van der Waals surface area contributed by atoms with Crippen molar-refractivity contribution in [2.24, 2.45) is 0 Å². The maximum Gasteiger partial charge on any atom is 0.262 e. The molecule has 0 unspecified atom stereocenters. The molecule has 0 heterocycles. The van der Waals surface area contributed by atoms with Crippen molar-refractivity contribution in [1.82, 2.24) is 5.32 Å². The first-order valence-corrected chi connectivity index (χ1v) is 10.7. The molecule has 0 aliphatic carbocycles. The number of nitrogens with one attached hydrogen (secondary N) is 1. The van der Waals surface area contributed by atoms with Gasteiger partial charge in [-0.1, -0.05) is 76.1 Å². The summed E-state index contributed by atoms with van der Waals surface area (Å²) in [4.78, 5) is 12.7. The topological polar surface area (TPSA) is 62.1 Å². The van der Waals surface area contributed by atoms with Crippen LogP contribution in [0.4, 0.5) is 0 Å². The van der Waals surface area contributed by atoms with Crippen molar-refractivity contribution in [3.05, 3.63) is 105 Å². The molecular formula is C26H23BrN2O2. The van der Waals surface area contributed by atoms with Gasteiger partial charge >= 0.3 is 0 Å². The average Bonchev–Trinajstić information content (AvgIpc) is 2.77. The van der Waals surface area contributed by atoms with Crippen LogP contribution in [-0.2, 0) is 11.4 Å². The molecule has 1 amide bonds. The summed E-state index contributed by atoms with van der Waals surface area (Å²) in [7, 11) is 0. The summed E-state index contributed by atoms with van der Waals surface area (Å²) < 4.78 is 6.83. The molecule has 5 heteroatoms. The second-order valence-corrected chi connectivity index (χ2v) is 8.15. The van der Waals surface area contributed by atoms with E-state index < -0.39 is 5.91 Å². The molecule has 4 nitrogen and oxygen atoms in total. The van der Waals surface area contributed by atoms with Gasteiger partial charge in [0.2, 0.25) is 0 Å². The van der Waals surface area contributed by atoms with Crippen LogP contribution in [0.5, 0.6) is 5.75 Å². The van der Waals surface area contributed by atoms with Gasteiger partial charge in [-0.15, -0.1) is 0 Å². The molecule has 1 N–H and O–H groups in total. The Morgan fingerprint density at radius 3 is 2.61 bits per heavy atom. The number of ether oxygens (including phenoxy) is 1. The number of benzene rings is 3. The SMILES string of the molecule is Cc1cccc(COc2ccc(Br)cc2/C=C(/C#N)C(=O)N[C@H](C)c2ccccc2)c1. The third-order valence-corrected chi connectivity index (χ3v) is 5.25. The van der Waals surface area contributed by atoms with Crippen molar-refractivity contribution in [3.8, 4) is 11.8 Å². The molecule has 1 atom stereocenters. The zero-order valence-electron chi connectivity index (χ0n) is 17.4. The van der Waals surface area contributed by atoms with E-state index in [1.807, 2.05) is 86.6 Å².